The molecule has 2 aromatic carbocycles. The molecule has 3 N–H and O–H groups in total. The summed E-state index contributed by atoms with van der Waals surface area (Å²) in [6.07, 6.45) is 1.35. The zero-order chi connectivity index (χ0) is 18.1. The van der Waals surface area contributed by atoms with Gasteiger partial charge >= 0.3 is 11.7 Å². The van der Waals surface area contributed by atoms with Gasteiger partial charge in [0, 0.05) is 0 Å². The predicted octanol–water partition coefficient (Wildman–Crippen LogP) is 2.17. The van der Waals surface area contributed by atoms with Crippen LogP contribution in [0.15, 0.2) is 53.3 Å². The van der Waals surface area contributed by atoms with E-state index in [4.69, 9.17) is 0 Å². The third kappa shape index (κ3) is 3.04. The van der Waals surface area contributed by atoms with Gasteiger partial charge in [0.05, 0.1) is 22.6 Å². The summed E-state index contributed by atoms with van der Waals surface area (Å²) in [6.45, 7) is 1.62. The summed E-state index contributed by atoms with van der Waals surface area (Å²) in [5.74, 6) is -1.03. The Morgan fingerprint density at radius 1 is 1.23 bits per heavy atom. The van der Waals surface area contributed by atoms with Crippen LogP contribution in [0.3, 0.4) is 0 Å². The van der Waals surface area contributed by atoms with Crippen molar-refractivity contribution in [2.24, 2.45) is 11.8 Å². The zero-order valence-corrected chi connectivity index (χ0v) is 14.3. The number of aromatic nitrogens is 2. The number of rotatable bonds is 5. The van der Waals surface area contributed by atoms with E-state index in [1.807, 2.05) is 48.5 Å². The minimum Gasteiger partial charge on any atom is -0.481 e. The highest BCUT2D eigenvalue weighted by molar-refractivity contribution is 5.77. The van der Waals surface area contributed by atoms with E-state index in [0.717, 1.165) is 41.8 Å². The second kappa shape index (κ2) is 6.80. The lowest BCUT2D eigenvalue weighted by atomic mass is 9.86. The summed E-state index contributed by atoms with van der Waals surface area (Å²) in [4.78, 5) is 27.0. The maximum Gasteiger partial charge on any atom is 0.331 e. The number of para-hydroxylation sites is 2. The van der Waals surface area contributed by atoms with Gasteiger partial charge in [-0.2, -0.15) is 0 Å². The fourth-order valence-electron chi connectivity index (χ4n) is 3.86. The standard InChI is InChI=1S/C20H21N3O3/c24-19(25)16(14-8-9-21-12-14)11-13-4-3-5-15(10-13)23-18-7-2-1-6-17(18)22-20(23)26/h1-7,10,14,16,21H,8-9,11-12H2,(H,22,26)(H,24,25)/t14-,16-/m0/s1. The number of benzene rings is 2. The number of carbonyl (C=O) groups is 1. The maximum absolute atomic E-state index is 12.4. The normalized spacial score (nSPS) is 18.2. The Labute approximate surface area is 150 Å². The van der Waals surface area contributed by atoms with Gasteiger partial charge < -0.3 is 15.4 Å². The average Bonchev–Trinajstić information content (AvgIpc) is 3.26. The van der Waals surface area contributed by atoms with Crippen LogP contribution in [0.1, 0.15) is 12.0 Å². The van der Waals surface area contributed by atoms with Crippen LogP contribution in [0.25, 0.3) is 16.7 Å². The van der Waals surface area contributed by atoms with Gasteiger partial charge in [-0.25, -0.2) is 4.79 Å². The predicted molar refractivity (Wildman–Crippen MR) is 99.7 cm³/mol. The van der Waals surface area contributed by atoms with E-state index >= 15 is 0 Å². The largest absolute Gasteiger partial charge is 0.481 e. The van der Waals surface area contributed by atoms with E-state index in [1.54, 1.807) is 4.57 Å². The Hall–Kier alpha value is -2.86. The summed E-state index contributed by atoms with van der Waals surface area (Å²) in [7, 11) is 0. The number of imidazole rings is 1. The van der Waals surface area contributed by atoms with Gasteiger partial charge in [-0.3, -0.25) is 9.36 Å². The Morgan fingerprint density at radius 3 is 2.85 bits per heavy atom. The average molecular weight is 351 g/mol. The Balaban J connectivity index is 1.69. The lowest BCUT2D eigenvalue weighted by molar-refractivity contribution is -0.143. The molecule has 3 aromatic rings. The van der Waals surface area contributed by atoms with E-state index in [0.29, 0.717) is 6.42 Å². The first-order valence-corrected chi connectivity index (χ1v) is 8.86. The van der Waals surface area contributed by atoms with Crippen LogP contribution >= 0.6 is 0 Å². The van der Waals surface area contributed by atoms with E-state index in [9.17, 15) is 14.7 Å². The molecule has 1 aliphatic rings. The van der Waals surface area contributed by atoms with E-state index in [2.05, 4.69) is 10.3 Å². The first-order valence-electron chi connectivity index (χ1n) is 8.86. The van der Waals surface area contributed by atoms with Gasteiger partial charge in [0.2, 0.25) is 0 Å². The highest BCUT2D eigenvalue weighted by atomic mass is 16.4. The molecule has 2 atom stereocenters. The number of carboxylic acid groups (broad SMARTS) is 1. The zero-order valence-electron chi connectivity index (χ0n) is 14.3. The van der Waals surface area contributed by atoms with Crippen LogP contribution < -0.4 is 11.0 Å². The molecule has 0 amide bonds. The molecule has 0 radical (unpaired) electrons. The summed E-state index contributed by atoms with van der Waals surface area (Å²) in [5, 5.41) is 12.9. The van der Waals surface area contributed by atoms with Crippen molar-refractivity contribution in [1.29, 1.82) is 0 Å². The molecule has 1 aromatic heterocycles. The molecule has 0 aliphatic carbocycles. The summed E-state index contributed by atoms with van der Waals surface area (Å²) >= 11 is 0. The molecule has 1 fully saturated rings. The lowest BCUT2D eigenvalue weighted by Crippen LogP contribution is -2.27. The van der Waals surface area contributed by atoms with Crippen LogP contribution in [0, 0.1) is 11.8 Å². The van der Waals surface area contributed by atoms with Crippen LogP contribution in [0.4, 0.5) is 0 Å². The van der Waals surface area contributed by atoms with Crippen molar-refractivity contribution in [3.63, 3.8) is 0 Å². The topological polar surface area (TPSA) is 87.1 Å². The van der Waals surface area contributed by atoms with Crippen LogP contribution in [0.2, 0.25) is 0 Å². The van der Waals surface area contributed by atoms with Gasteiger partial charge in [-0.1, -0.05) is 24.3 Å². The van der Waals surface area contributed by atoms with E-state index in [1.165, 1.54) is 0 Å². The molecule has 26 heavy (non-hydrogen) atoms. The molecular formula is C20H21N3O3. The summed E-state index contributed by atoms with van der Waals surface area (Å²) in [6, 6.07) is 15.1. The van der Waals surface area contributed by atoms with Crippen LogP contribution in [-0.4, -0.2) is 33.7 Å². The Bertz CT molecular complexity index is 999. The van der Waals surface area contributed by atoms with Crippen molar-refractivity contribution in [2.45, 2.75) is 12.8 Å². The van der Waals surface area contributed by atoms with Crippen molar-refractivity contribution < 1.29 is 9.90 Å². The SMILES string of the molecule is O=C(O)[C@@H](Cc1cccc(-n2c(=O)[nH]c3ccccc32)c1)[C@H]1CCNC1. The minimum absolute atomic E-state index is 0.145. The molecule has 2 heterocycles. The fraction of sp³-hybridized carbons (Fsp3) is 0.300. The molecule has 134 valence electrons. The monoisotopic (exact) mass is 351 g/mol. The van der Waals surface area contributed by atoms with Gasteiger partial charge in [0.15, 0.2) is 0 Å². The van der Waals surface area contributed by atoms with Gasteiger partial charge in [0.25, 0.3) is 0 Å². The quantitative estimate of drug-likeness (QED) is 0.657. The first-order chi connectivity index (χ1) is 12.6. The molecule has 0 spiro atoms. The fourth-order valence-corrected chi connectivity index (χ4v) is 3.86. The number of hydrogen-bond acceptors (Lipinski definition) is 3. The van der Waals surface area contributed by atoms with Crippen molar-refractivity contribution >= 4 is 17.0 Å². The Morgan fingerprint density at radius 2 is 2.08 bits per heavy atom. The third-order valence-corrected chi connectivity index (χ3v) is 5.20. The second-order valence-corrected chi connectivity index (χ2v) is 6.85. The second-order valence-electron chi connectivity index (χ2n) is 6.85. The molecule has 0 bridgehead atoms. The molecule has 6 nitrogen and oxygen atoms in total. The number of aromatic amines is 1. The molecule has 1 aliphatic heterocycles. The summed E-state index contributed by atoms with van der Waals surface area (Å²) < 4.78 is 1.63. The lowest BCUT2D eigenvalue weighted by Gasteiger charge is -2.19. The number of nitrogens with zero attached hydrogens (tertiary/aromatic N) is 1. The van der Waals surface area contributed by atoms with E-state index < -0.39 is 11.9 Å². The minimum atomic E-state index is -0.756. The molecule has 6 heteroatoms. The highest BCUT2D eigenvalue weighted by Crippen LogP contribution is 2.25. The van der Waals surface area contributed by atoms with Crippen LogP contribution in [0.5, 0.6) is 0 Å². The Kier molecular flexibility index (Phi) is 4.34. The number of nitrogens with one attached hydrogen (secondary N) is 2. The molecule has 0 unspecified atom stereocenters. The van der Waals surface area contributed by atoms with Gasteiger partial charge in [-0.15, -0.1) is 0 Å². The van der Waals surface area contributed by atoms with Crippen molar-refractivity contribution in [3.05, 3.63) is 64.6 Å². The highest BCUT2D eigenvalue weighted by Gasteiger charge is 2.30. The first kappa shape index (κ1) is 16.6. The van der Waals surface area contributed by atoms with Gasteiger partial charge in [0.1, 0.15) is 0 Å². The number of carboxylic acids is 1. The molecule has 0 saturated carbocycles. The smallest absolute Gasteiger partial charge is 0.331 e. The van der Waals surface area contributed by atoms with E-state index in [-0.39, 0.29) is 11.6 Å². The van der Waals surface area contributed by atoms with Crippen LogP contribution in [-0.2, 0) is 11.2 Å². The number of H-pyrrole nitrogens is 1. The van der Waals surface area contributed by atoms with Gasteiger partial charge in [-0.05, 0) is 61.7 Å². The third-order valence-electron chi connectivity index (χ3n) is 5.20. The molecule has 4 rings (SSSR count). The summed E-state index contributed by atoms with van der Waals surface area (Å²) in [5.41, 5.74) is 3.07. The van der Waals surface area contributed by atoms with Crippen molar-refractivity contribution in [1.82, 2.24) is 14.9 Å². The molecular weight excluding hydrogens is 330 g/mol. The number of aliphatic carboxylic acids is 1. The number of hydrogen-bond donors (Lipinski definition) is 3. The number of fused-ring (bicyclic) bond motifs is 1. The van der Waals surface area contributed by atoms with Crippen molar-refractivity contribution in [2.75, 3.05) is 13.1 Å². The molecule has 1 saturated heterocycles. The maximum atomic E-state index is 12.4. The van der Waals surface area contributed by atoms with Crippen molar-refractivity contribution in [3.8, 4) is 5.69 Å².